The number of hydrogen-bond donors (Lipinski definition) is 2. The van der Waals surface area contributed by atoms with Crippen LogP contribution in [-0.2, 0) is 0 Å². The Labute approximate surface area is 81.0 Å². The van der Waals surface area contributed by atoms with Crippen molar-refractivity contribution in [3.63, 3.8) is 0 Å². The van der Waals surface area contributed by atoms with Gasteiger partial charge in [0.05, 0.1) is 30.9 Å². The smallest absolute Gasteiger partial charge is 0.197 e. The molecule has 0 unspecified atom stereocenters. The minimum atomic E-state index is 0.387. The maximum Gasteiger partial charge on any atom is 0.197 e. The average Bonchev–Trinajstić information content (AvgIpc) is 2.65. The van der Waals surface area contributed by atoms with E-state index in [4.69, 9.17) is 10.5 Å². The highest BCUT2D eigenvalue weighted by molar-refractivity contribution is 5.55. The van der Waals surface area contributed by atoms with Gasteiger partial charge >= 0.3 is 0 Å². The van der Waals surface area contributed by atoms with Gasteiger partial charge in [0.25, 0.3) is 0 Å². The van der Waals surface area contributed by atoms with Crippen LogP contribution in [0, 0.1) is 0 Å². The molecule has 0 atom stereocenters. The fourth-order valence-electron chi connectivity index (χ4n) is 1.13. The highest BCUT2D eigenvalue weighted by Crippen LogP contribution is 2.17. The zero-order chi connectivity index (χ0) is 9.97. The van der Waals surface area contributed by atoms with Crippen molar-refractivity contribution in [3.05, 3.63) is 24.5 Å². The molecule has 2 aromatic rings. The van der Waals surface area contributed by atoms with Crippen LogP contribution in [0.3, 0.4) is 0 Å². The molecule has 72 valence electrons. The van der Waals surface area contributed by atoms with Crippen LogP contribution in [0.4, 0.5) is 5.95 Å². The number of nitrogen functional groups attached to an aromatic ring is 1. The van der Waals surface area contributed by atoms with Crippen molar-refractivity contribution in [2.24, 2.45) is 0 Å². The molecule has 0 fully saturated rings. The van der Waals surface area contributed by atoms with Crippen LogP contribution in [0.2, 0.25) is 0 Å². The topological polar surface area (TPSA) is 76.8 Å². The standard InChI is InChI=1S/C9H10N4O/c1-14-6-2-3-7(11-4-6)8-5-12-9(10)13-8/h2-5H,1H3,(H3,10,12,13). The van der Waals surface area contributed by atoms with Crippen LogP contribution in [0.5, 0.6) is 5.75 Å². The van der Waals surface area contributed by atoms with Gasteiger partial charge in [-0.15, -0.1) is 0 Å². The van der Waals surface area contributed by atoms with E-state index in [1.54, 1.807) is 19.5 Å². The molecule has 5 nitrogen and oxygen atoms in total. The molecule has 0 aliphatic rings. The fourth-order valence-corrected chi connectivity index (χ4v) is 1.13. The van der Waals surface area contributed by atoms with Gasteiger partial charge < -0.3 is 15.5 Å². The maximum atomic E-state index is 5.45. The second-order valence-electron chi connectivity index (χ2n) is 2.77. The van der Waals surface area contributed by atoms with Crippen LogP contribution < -0.4 is 10.5 Å². The Hall–Kier alpha value is -2.04. The number of H-pyrrole nitrogens is 1. The molecule has 0 aromatic carbocycles. The number of methoxy groups -OCH3 is 1. The predicted octanol–water partition coefficient (Wildman–Crippen LogP) is 1.06. The number of nitrogens with zero attached hydrogens (tertiary/aromatic N) is 2. The number of imidazole rings is 1. The van der Waals surface area contributed by atoms with Gasteiger partial charge in [0.1, 0.15) is 5.75 Å². The molecule has 0 saturated heterocycles. The molecule has 2 rings (SSSR count). The summed E-state index contributed by atoms with van der Waals surface area (Å²) in [7, 11) is 1.60. The largest absolute Gasteiger partial charge is 0.495 e. The van der Waals surface area contributed by atoms with E-state index in [0.29, 0.717) is 5.95 Å². The molecule has 14 heavy (non-hydrogen) atoms. The zero-order valence-electron chi connectivity index (χ0n) is 7.69. The number of nitrogens with one attached hydrogen (secondary N) is 1. The number of rotatable bonds is 2. The lowest BCUT2D eigenvalue weighted by molar-refractivity contribution is 0.413. The monoisotopic (exact) mass is 190 g/mol. The van der Waals surface area contributed by atoms with Gasteiger partial charge in [0, 0.05) is 0 Å². The summed E-state index contributed by atoms with van der Waals surface area (Å²) in [6.45, 7) is 0. The van der Waals surface area contributed by atoms with E-state index in [9.17, 15) is 0 Å². The van der Waals surface area contributed by atoms with E-state index < -0.39 is 0 Å². The number of hydrogen-bond acceptors (Lipinski definition) is 4. The lowest BCUT2D eigenvalue weighted by atomic mass is 10.3. The summed E-state index contributed by atoms with van der Waals surface area (Å²) < 4.78 is 5.00. The van der Waals surface area contributed by atoms with Gasteiger partial charge in [-0.05, 0) is 12.1 Å². The van der Waals surface area contributed by atoms with Gasteiger partial charge in [0.2, 0.25) is 0 Å². The number of pyridine rings is 1. The lowest BCUT2D eigenvalue weighted by Crippen LogP contribution is -1.88. The first-order valence-corrected chi connectivity index (χ1v) is 4.10. The molecule has 2 heterocycles. The van der Waals surface area contributed by atoms with E-state index >= 15 is 0 Å². The summed E-state index contributed by atoms with van der Waals surface area (Å²) in [6, 6.07) is 3.67. The minimum Gasteiger partial charge on any atom is -0.495 e. The Balaban J connectivity index is 2.33. The van der Waals surface area contributed by atoms with Gasteiger partial charge in [-0.1, -0.05) is 0 Å². The molecule has 2 aromatic heterocycles. The summed E-state index contributed by atoms with van der Waals surface area (Å²) in [4.78, 5) is 11.0. The van der Waals surface area contributed by atoms with Crippen molar-refractivity contribution in [2.45, 2.75) is 0 Å². The Morgan fingerprint density at radius 2 is 2.14 bits per heavy atom. The number of ether oxygens (including phenoxy) is 1. The fraction of sp³-hybridized carbons (Fsp3) is 0.111. The number of nitrogens with two attached hydrogens (primary N) is 1. The molecular formula is C9H10N4O. The van der Waals surface area contributed by atoms with E-state index in [1.807, 2.05) is 12.1 Å². The van der Waals surface area contributed by atoms with E-state index in [1.165, 1.54) is 0 Å². The third-order valence-electron chi connectivity index (χ3n) is 1.84. The van der Waals surface area contributed by atoms with E-state index in [-0.39, 0.29) is 0 Å². The van der Waals surface area contributed by atoms with Crippen LogP contribution in [0.1, 0.15) is 0 Å². The SMILES string of the molecule is COc1ccc(-c2cnc(N)[nH]2)nc1. The first-order valence-electron chi connectivity index (χ1n) is 4.10. The molecule has 0 saturated carbocycles. The summed E-state index contributed by atoms with van der Waals surface area (Å²) in [6.07, 6.45) is 3.29. The Bertz CT molecular complexity index is 421. The molecule has 0 spiro atoms. The van der Waals surface area contributed by atoms with Crippen molar-refractivity contribution < 1.29 is 4.74 Å². The van der Waals surface area contributed by atoms with Crippen LogP contribution >= 0.6 is 0 Å². The van der Waals surface area contributed by atoms with Gasteiger partial charge in [-0.2, -0.15) is 0 Å². The third-order valence-corrected chi connectivity index (χ3v) is 1.84. The second kappa shape index (κ2) is 3.37. The molecule has 3 N–H and O–H groups in total. The quantitative estimate of drug-likeness (QED) is 0.742. The van der Waals surface area contributed by atoms with Crippen LogP contribution in [0.15, 0.2) is 24.5 Å². The normalized spacial score (nSPS) is 10.1. The highest BCUT2D eigenvalue weighted by atomic mass is 16.5. The van der Waals surface area contributed by atoms with Crippen LogP contribution in [0.25, 0.3) is 11.4 Å². The summed E-state index contributed by atoms with van der Waals surface area (Å²) in [5, 5.41) is 0. The van der Waals surface area contributed by atoms with E-state index in [0.717, 1.165) is 17.1 Å². The molecule has 0 aliphatic carbocycles. The molecule has 0 bridgehead atoms. The molecule has 0 radical (unpaired) electrons. The van der Waals surface area contributed by atoms with E-state index in [2.05, 4.69) is 15.0 Å². The summed E-state index contributed by atoms with van der Waals surface area (Å²) in [5.41, 5.74) is 7.04. The van der Waals surface area contributed by atoms with Crippen molar-refractivity contribution in [3.8, 4) is 17.1 Å². The van der Waals surface area contributed by atoms with Crippen LogP contribution in [-0.4, -0.2) is 22.1 Å². The summed E-state index contributed by atoms with van der Waals surface area (Å²) in [5.74, 6) is 1.11. The van der Waals surface area contributed by atoms with Gasteiger partial charge in [0.15, 0.2) is 5.95 Å². The molecule has 0 amide bonds. The third kappa shape index (κ3) is 1.52. The highest BCUT2D eigenvalue weighted by Gasteiger charge is 2.02. The molecule has 0 aliphatic heterocycles. The number of anilines is 1. The number of aromatic amines is 1. The van der Waals surface area contributed by atoms with Gasteiger partial charge in [-0.25, -0.2) is 4.98 Å². The second-order valence-corrected chi connectivity index (χ2v) is 2.77. The maximum absolute atomic E-state index is 5.45. The summed E-state index contributed by atoms with van der Waals surface area (Å²) >= 11 is 0. The predicted molar refractivity (Wildman–Crippen MR) is 52.8 cm³/mol. The number of aromatic nitrogens is 3. The van der Waals surface area contributed by atoms with Crippen molar-refractivity contribution in [2.75, 3.05) is 12.8 Å². The Morgan fingerprint density at radius 3 is 2.64 bits per heavy atom. The van der Waals surface area contributed by atoms with Crippen molar-refractivity contribution in [1.29, 1.82) is 0 Å². The minimum absolute atomic E-state index is 0.387. The Kier molecular flexibility index (Phi) is 2.06. The van der Waals surface area contributed by atoms with Gasteiger partial charge in [-0.3, -0.25) is 4.98 Å². The molecular weight excluding hydrogens is 180 g/mol. The zero-order valence-corrected chi connectivity index (χ0v) is 7.69. The lowest BCUT2D eigenvalue weighted by Gasteiger charge is -1.99. The first kappa shape index (κ1) is 8.55. The Morgan fingerprint density at radius 1 is 1.29 bits per heavy atom. The van der Waals surface area contributed by atoms with Crippen molar-refractivity contribution >= 4 is 5.95 Å². The first-order chi connectivity index (χ1) is 6.79. The van der Waals surface area contributed by atoms with Crippen molar-refractivity contribution in [1.82, 2.24) is 15.0 Å². The average molecular weight is 190 g/mol. The molecule has 5 heteroatoms.